The predicted molar refractivity (Wildman–Crippen MR) is 154 cm³/mol. The number of benzene rings is 2. The van der Waals surface area contributed by atoms with Crippen molar-refractivity contribution in [2.45, 2.75) is 32.4 Å². The van der Waals surface area contributed by atoms with Gasteiger partial charge in [-0.15, -0.1) is 10.2 Å². The molecule has 0 saturated carbocycles. The standard InChI is InChI=1S/C29H26ClIN4O/c30-27-25(14-7-15-26(27)31)28-23-12-4-5-13-24(23)29(35-34-28)36-19-22-11-6-10-21(33-22)18-32-17-16-20-8-2-1-3-9-20/h2,4-15,32H,1,3,16-19H2. The Bertz CT molecular complexity index is 1440. The Balaban J connectivity index is 1.26. The summed E-state index contributed by atoms with van der Waals surface area (Å²) in [5, 5.41) is 14.9. The van der Waals surface area contributed by atoms with Crippen LogP contribution in [0.3, 0.4) is 0 Å². The van der Waals surface area contributed by atoms with Gasteiger partial charge in [-0.25, -0.2) is 0 Å². The number of fused-ring (bicyclic) bond motifs is 1. The highest BCUT2D eigenvalue weighted by Crippen LogP contribution is 2.36. The third-order valence-corrected chi connectivity index (χ3v) is 7.67. The average Bonchev–Trinajstić information content (AvgIpc) is 2.92. The van der Waals surface area contributed by atoms with E-state index in [1.54, 1.807) is 0 Å². The Morgan fingerprint density at radius 2 is 1.75 bits per heavy atom. The molecule has 1 aliphatic rings. The van der Waals surface area contributed by atoms with Crippen molar-refractivity contribution in [3.05, 3.63) is 104 Å². The number of ether oxygens (including phenoxy) is 1. The molecule has 36 heavy (non-hydrogen) atoms. The van der Waals surface area contributed by atoms with Gasteiger partial charge in [0.15, 0.2) is 0 Å². The molecule has 0 aliphatic heterocycles. The number of hydrogen-bond acceptors (Lipinski definition) is 5. The normalized spacial score (nSPS) is 13.1. The van der Waals surface area contributed by atoms with E-state index >= 15 is 0 Å². The van der Waals surface area contributed by atoms with Gasteiger partial charge in [-0.1, -0.05) is 71.8 Å². The van der Waals surface area contributed by atoms with Crippen LogP contribution in [-0.4, -0.2) is 21.7 Å². The molecule has 0 atom stereocenters. The molecule has 5 nitrogen and oxygen atoms in total. The molecule has 0 fully saturated rings. The topological polar surface area (TPSA) is 59.9 Å². The summed E-state index contributed by atoms with van der Waals surface area (Å²) in [6.45, 7) is 1.96. The van der Waals surface area contributed by atoms with Crippen molar-refractivity contribution < 1.29 is 4.74 Å². The molecule has 182 valence electrons. The first-order chi connectivity index (χ1) is 17.7. The molecule has 0 radical (unpaired) electrons. The van der Waals surface area contributed by atoms with E-state index < -0.39 is 0 Å². The molecule has 0 spiro atoms. The monoisotopic (exact) mass is 608 g/mol. The van der Waals surface area contributed by atoms with Crippen LogP contribution in [0.2, 0.25) is 5.02 Å². The molecule has 2 heterocycles. The highest BCUT2D eigenvalue weighted by molar-refractivity contribution is 14.1. The Morgan fingerprint density at radius 1 is 0.917 bits per heavy atom. The van der Waals surface area contributed by atoms with Gasteiger partial charge in [0.1, 0.15) is 12.3 Å². The summed E-state index contributed by atoms with van der Waals surface area (Å²) in [5.74, 6) is 0.482. The van der Waals surface area contributed by atoms with Crippen LogP contribution < -0.4 is 10.1 Å². The molecule has 0 amide bonds. The molecule has 2 aromatic heterocycles. The number of hydrogen-bond donors (Lipinski definition) is 1. The second-order valence-corrected chi connectivity index (χ2v) is 10.1. The zero-order chi connectivity index (χ0) is 24.7. The Labute approximate surface area is 229 Å². The first-order valence-electron chi connectivity index (χ1n) is 12.0. The molecular weight excluding hydrogens is 583 g/mol. The number of halogens is 2. The molecule has 7 heteroatoms. The van der Waals surface area contributed by atoms with Gasteiger partial charge < -0.3 is 10.1 Å². The largest absolute Gasteiger partial charge is 0.470 e. The van der Waals surface area contributed by atoms with E-state index in [9.17, 15) is 0 Å². The van der Waals surface area contributed by atoms with Crippen LogP contribution in [0.4, 0.5) is 0 Å². The molecular formula is C29H26ClIN4O. The summed E-state index contributed by atoms with van der Waals surface area (Å²) >= 11 is 8.81. The maximum absolute atomic E-state index is 6.58. The predicted octanol–water partition coefficient (Wildman–Crippen LogP) is 7.28. The van der Waals surface area contributed by atoms with Crippen molar-refractivity contribution in [1.29, 1.82) is 0 Å². The smallest absolute Gasteiger partial charge is 0.241 e. The fraction of sp³-hybridized carbons (Fsp3) is 0.207. The first-order valence-corrected chi connectivity index (χ1v) is 13.5. The van der Waals surface area contributed by atoms with Crippen molar-refractivity contribution in [1.82, 2.24) is 20.5 Å². The number of nitrogens with one attached hydrogen (secondary N) is 1. The third kappa shape index (κ3) is 5.94. The first kappa shape index (κ1) is 24.9. The highest BCUT2D eigenvalue weighted by atomic mass is 127. The summed E-state index contributed by atoms with van der Waals surface area (Å²) in [6.07, 6.45) is 10.1. The number of pyridine rings is 1. The van der Waals surface area contributed by atoms with E-state index in [2.05, 4.69) is 56.3 Å². The zero-order valence-electron chi connectivity index (χ0n) is 19.8. The van der Waals surface area contributed by atoms with Gasteiger partial charge in [-0.2, -0.15) is 0 Å². The van der Waals surface area contributed by atoms with Crippen molar-refractivity contribution in [3.63, 3.8) is 0 Å². The summed E-state index contributed by atoms with van der Waals surface area (Å²) in [7, 11) is 0. The van der Waals surface area contributed by atoms with Crippen LogP contribution >= 0.6 is 34.2 Å². The molecule has 5 rings (SSSR count). The molecule has 0 bridgehead atoms. The Morgan fingerprint density at radius 3 is 2.61 bits per heavy atom. The minimum atomic E-state index is 0.313. The summed E-state index contributed by atoms with van der Waals surface area (Å²) < 4.78 is 7.08. The highest BCUT2D eigenvalue weighted by Gasteiger charge is 2.15. The second kappa shape index (κ2) is 12.0. The van der Waals surface area contributed by atoms with E-state index in [1.165, 1.54) is 5.57 Å². The number of allylic oxidation sites excluding steroid dienone is 3. The molecule has 0 saturated heterocycles. The minimum Gasteiger partial charge on any atom is -0.470 e. The molecule has 4 aromatic rings. The van der Waals surface area contributed by atoms with E-state index in [-0.39, 0.29) is 0 Å². The van der Waals surface area contributed by atoms with Gasteiger partial charge in [0.05, 0.1) is 16.4 Å². The zero-order valence-corrected chi connectivity index (χ0v) is 22.7. The minimum absolute atomic E-state index is 0.313. The van der Waals surface area contributed by atoms with Crippen LogP contribution in [0.25, 0.3) is 22.0 Å². The molecule has 2 aromatic carbocycles. The summed E-state index contributed by atoms with van der Waals surface area (Å²) in [6, 6.07) is 19.9. The van der Waals surface area contributed by atoms with Crippen LogP contribution in [-0.2, 0) is 13.2 Å². The molecule has 1 N–H and O–H groups in total. The summed E-state index contributed by atoms with van der Waals surface area (Å²) in [5.41, 5.74) is 4.85. The summed E-state index contributed by atoms with van der Waals surface area (Å²) in [4.78, 5) is 4.76. The Hall–Kier alpha value is -2.81. The van der Waals surface area contributed by atoms with E-state index in [4.69, 9.17) is 21.3 Å². The lowest BCUT2D eigenvalue weighted by atomic mass is 10.0. The fourth-order valence-electron chi connectivity index (χ4n) is 4.22. The lowest BCUT2D eigenvalue weighted by Gasteiger charge is -2.12. The van der Waals surface area contributed by atoms with Crippen LogP contribution in [0.1, 0.15) is 30.7 Å². The Kier molecular flexibility index (Phi) is 8.25. The van der Waals surface area contributed by atoms with Gasteiger partial charge in [-0.05, 0) is 72.7 Å². The second-order valence-electron chi connectivity index (χ2n) is 8.60. The SMILES string of the molecule is Clc1c(I)cccc1-c1nnc(OCc2cccc(CNCCC3=CCCC=C3)n2)c2ccccc12. The number of aromatic nitrogens is 3. The lowest BCUT2D eigenvalue weighted by Crippen LogP contribution is -2.16. The van der Waals surface area contributed by atoms with E-state index in [1.807, 2.05) is 60.7 Å². The maximum Gasteiger partial charge on any atom is 0.241 e. The van der Waals surface area contributed by atoms with Gasteiger partial charge in [0.25, 0.3) is 0 Å². The third-order valence-electron chi connectivity index (χ3n) is 6.05. The average molecular weight is 609 g/mol. The lowest BCUT2D eigenvalue weighted by molar-refractivity contribution is 0.289. The fourth-order valence-corrected chi connectivity index (χ4v) is 4.94. The van der Waals surface area contributed by atoms with E-state index in [0.29, 0.717) is 17.5 Å². The number of rotatable bonds is 9. The van der Waals surface area contributed by atoms with Crippen molar-refractivity contribution >= 4 is 45.0 Å². The van der Waals surface area contributed by atoms with Gasteiger partial charge in [0, 0.05) is 26.5 Å². The van der Waals surface area contributed by atoms with Crippen molar-refractivity contribution in [2.75, 3.05) is 6.54 Å². The van der Waals surface area contributed by atoms with Crippen LogP contribution in [0.15, 0.2) is 84.5 Å². The maximum atomic E-state index is 6.58. The number of nitrogens with zero attached hydrogens (tertiary/aromatic N) is 3. The van der Waals surface area contributed by atoms with E-state index in [0.717, 1.165) is 69.3 Å². The molecule has 0 unspecified atom stereocenters. The van der Waals surface area contributed by atoms with Crippen molar-refractivity contribution in [2.24, 2.45) is 0 Å². The van der Waals surface area contributed by atoms with Gasteiger partial charge in [-0.3, -0.25) is 4.98 Å². The molecule has 1 aliphatic carbocycles. The van der Waals surface area contributed by atoms with Crippen LogP contribution in [0, 0.1) is 3.57 Å². The van der Waals surface area contributed by atoms with Gasteiger partial charge >= 0.3 is 0 Å². The quantitative estimate of drug-likeness (QED) is 0.160. The van der Waals surface area contributed by atoms with Crippen LogP contribution in [0.5, 0.6) is 5.88 Å². The van der Waals surface area contributed by atoms with Gasteiger partial charge in [0.2, 0.25) is 5.88 Å². The van der Waals surface area contributed by atoms with Crippen molar-refractivity contribution in [3.8, 4) is 17.1 Å².